The Bertz CT molecular complexity index is 696. The minimum absolute atomic E-state index is 0.0124. The second kappa shape index (κ2) is 6.44. The summed E-state index contributed by atoms with van der Waals surface area (Å²) in [7, 11) is -3.37. The van der Waals surface area contributed by atoms with E-state index in [4.69, 9.17) is 5.73 Å². The maximum atomic E-state index is 12.1. The van der Waals surface area contributed by atoms with Crippen molar-refractivity contribution >= 4 is 32.2 Å². The Morgan fingerprint density at radius 2 is 2.00 bits per heavy atom. The maximum absolute atomic E-state index is 12.1. The third kappa shape index (κ3) is 3.54. The molecule has 0 fully saturated rings. The average molecular weight is 325 g/mol. The Morgan fingerprint density at radius 3 is 2.62 bits per heavy atom. The van der Waals surface area contributed by atoms with Crippen LogP contribution in [-0.4, -0.2) is 25.1 Å². The first-order chi connectivity index (χ1) is 9.95. The minimum atomic E-state index is -3.37. The van der Waals surface area contributed by atoms with Crippen LogP contribution in [0.5, 0.6) is 0 Å². The zero-order valence-electron chi connectivity index (χ0n) is 12.0. The summed E-state index contributed by atoms with van der Waals surface area (Å²) in [6.07, 6.45) is 0. The lowest BCUT2D eigenvalue weighted by molar-refractivity contribution is 0.598. The molecule has 0 aliphatic heterocycles. The zero-order chi connectivity index (χ0) is 15.5. The highest BCUT2D eigenvalue weighted by Gasteiger charge is 2.24. The predicted octanol–water partition coefficient (Wildman–Crippen LogP) is 2.73. The molecular weight excluding hydrogens is 306 g/mol. The molecule has 0 spiro atoms. The van der Waals surface area contributed by atoms with E-state index in [9.17, 15) is 8.42 Å². The number of nitrogen functional groups attached to an aromatic ring is 1. The van der Waals surface area contributed by atoms with Crippen LogP contribution in [0, 0.1) is 0 Å². The SMILES string of the molecule is CCS(=O)(=O)c1c(N)nsc1NCC(C)c1ccccc1. The van der Waals surface area contributed by atoms with Crippen molar-refractivity contribution in [2.75, 3.05) is 23.3 Å². The van der Waals surface area contributed by atoms with Gasteiger partial charge in [0.25, 0.3) is 0 Å². The first-order valence-electron chi connectivity index (χ1n) is 6.72. The van der Waals surface area contributed by atoms with Gasteiger partial charge in [0.1, 0.15) is 9.90 Å². The average Bonchev–Trinajstić information content (AvgIpc) is 2.87. The van der Waals surface area contributed by atoms with Gasteiger partial charge in [-0.05, 0) is 23.0 Å². The molecule has 0 aliphatic rings. The van der Waals surface area contributed by atoms with Crippen LogP contribution in [0.1, 0.15) is 25.3 Å². The molecule has 0 saturated carbocycles. The third-order valence-electron chi connectivity index (χ3n) is 3.30. The van der Waals surface area contributed by atoms with E-state index in [0.717, 1.165) is 11.5 Å². The van der Waals surface area contributed by atoms with Crippen molar-refractivity contribution in [1.29, 1.82) is 0 Å². The molecule has 0 amide bonds. The Morgan fingerprint density at radius 1 is 1.33 bits per heavy atom. The van der Waals surface area contributed by atoms with E-state index in [2.05, 4.69) is 28.7 Å². The molecule has 5 nitrogen and oxygen atoms in total. The number of hydrogen-bond donors (Lipinski definition) is 2. The van der Waals surface area contributed by atoms with Crippen LogP contribution < -0.4 is 11.1 Å². The van der Waals surface area contributed by atoms with Crippen LogP contribution in [0.15, 0.2) is 35.2 Å². The third-order valence-corrected chi connectivity index (χ3v) is 6.05. The van der Waals surface area contributed by atoms with Crippen molar-refractivity contribution in [3.63, 3.8) is 0 Å². The first kappa shape index (κ1) is 15.8. The van der Waals surface area contributed by atoms with Crippen LogP contribution >= 0.6 is 11.5 Å². The minimum Gasteiger partial charge on any atom is -0.382 e. The molecule has 0 saturated heterocycles. The Hall–Kier alpha value is -1.60. The van der Waals surface area contributed by atoms with E-state index in [0.29, 0.717) is 11.5 Å². The Kier molecular flexibility index (Phi) is 4.84. The topological polar surface area (TPSA) is 85.1 Å². The molecule has 1 aromatic heterocycles. The van der Waals surface area contributed by atoms with Gasteiger partial charge in [-0.25, -0.2) is 8.42 Å². The lowest BCUT2D eigenvalue weighted by Gasteiger charge is -2.13. The van der Waals surface area contributed by atoms with Crippen LogP contribution in [-0.2, 0) is 9.84 Å². The number of anilines is 2. The Labute approximate surface area is 129 Å². The van der Waals surface area contributed by atoms with E-state index in [-0.39, 0.29) is 22.4 Å². The monoisotopic (exact) mass is 325 g/mol. The highest BCUT2D eigenvalue weighted by Crippen LogP contribution is 2.32. The molecule has 2 aromatic rings. The van der Waals surface area contributed by atoms with Gasteiger partial charge in [-0.2, -0.15) is 4.37 Å². The molecule has 21 heavy (non-hydrogen) atoms. The summed E-state index contributed by atoms with van der Waals surface area (Å²) in [6.45, 7) is 4.31. The Balaban J connectivity index is 2.15. The van der Waals surface area contributed by atoms with Crippen LogP contribution in [0.25, 0.3) is 0 Å². The van der Waals surface area contributed by atoms with Crippen molar-refractivity contribution in [3.05, 3.63) is 35.9 Å². The van der Waals surface area contributed by atoms with Gasteiger partial charge in [-0.1, -0.05) is 44.2 Å². The molecule has 1 atom stereocenters. The lowest BCUT2D eigenvalue weighted by Crippen LogP contribution is -2.13. The van der Waals surface area contributed by atoms with Crippen LogP contribution in [0.3, 0.4) is 0 Å². The molecule has 2 rings (SSSR count). The van der Waals surface area contributed by atoms with E-state index in [1.165, 1.54) is 5.56 Å². The molecule has 0 radical (unpaired) electrons. The second-order valence-electron chi connectivity index (χ2n) is 4.82. The summed E-state index contributed by atoms with van der Waals surface area (Å²) in [6, 6.07) is 10.1. The molecular formula is C14H19N3O2S2. The summed E-state index contributed by atoms with van der Waals surface area (Å²) in [5.41, 5.74) is 6.90. The molecule has 1 unspecified atom stereocenters. The lowest BCUT2D eigenvalue weighted by atomic mass is 10.0. The quantitative estimate of drug-likeness (QED) is 0.853. The van der Waals surface area contributed by atoms with Gasteiger partial charge in [0.05, 0.1) is 5.75 Å². The van der Waals surface area contributed by atoms with Gasteiger partial charge in [0, 0.05) is 6.54 Å². The van der Waals surface area contributed by atoms with Crippen molar-refractivity contribution in [1.82, 2.24) is 4.37 Å². The number of nitrogens with zero attached hydrogens (tertiary/aromatic N) is 1. The summed E-state index contributed by atoms with van der Waals surface area (Å²) < 4.78 is 28.1. The van der Waals surface area contributed by atoms with E-state index in [1.807, 2.05) is 18.2 Å². The summed E-state index contributed by atoms with van der Waals surface area (Å²) >= 11 is 1.09. The summed E-state index contributed by atoms with van der Waals surface area (Å²) in [5, 5.41) is 3.69. The molecule has 1 heterocycles. The normalized spacial score (nSPS) is 13.0. The number of rotatable bonds is 6. The molecule has 0 aliphatic carbocycles. The molecule has 1 aromatic carbocycles. The molecule has 7 heteroatoms. The predicted molar refractivity (Wildman–Crippen MR) is 87.6 cm³/mol. The molecule has 114 valence electrons. The van der Waals surface area contributed by atoms with Gasteiger partial charge in [-0.3, -0.25) is 0 Å². The van der Waals surface area contributed by atoms with Crippen molar-refractivity contribution in [2.24, 2.45) is 0 Å². The van der Waals surface area contributed by atoms with Crippen molar-refractivity contribution < 1.29 is 8.42 Å². The van der Waals surface area contributed by atoms with E-state index < -0.39 is 9.84 Å². The number of aromatic nitrogens is 1. The fourth-order valence-electron chi connectivity index (χ4n) is 2.00. The highest BCUT2D eigenvalue weighted by molar-refractivity contribution is 7.91. The van der Waals surface area contributed by atoms with Gasteiger partial charge < -0.3 is 11.1 Å². The largest absolute Gasteiger partial charge is 0.382 e. The van der Waals surface area contributed by atoms with E-state index >= 15 is 0 Å². The zero-order valence-corrected chi connectivity index (χ0v) is 13.7. The van der Waals surface area contributed by atoms with Crippen molar-refractivity contribution in [2.45, 2.75) is 24.7 Å². The van der Waals surface area contributed by atoms with Gasteiger partial charge in [-0.15, -0.1) is 0 Å². The maximum Gasteiger partial charge on any atom is 0.184 e. The summed E-state index contributed by atoms with van der Waals surface area (Å²) in [4.78, 5) is 0.135. The first-order valence-corrected chi connectivity index (χ1v) is 9.15. The fraction of sp³-hybridized carbons (Fsp3) is 0.357. The fourth-order valence-corrected chi connectivity index (χ4v) is 4.17. The van der Waals surface area contributed by atoms with Crippen LogP contribution in [0.2, 0.25) is 0 Å². The van der Waals surface area contributed by atoms with Gasteiger partial charge in [0.15, 0.2) is 15.7 Å². The van der Waals surface area contributed by atoms with Crippen LogP contribution in [0.4, 0.5) is 10.8 Å². The highest BCUT2D eigenvalue weighted by atomic mass is 32.2. The number of nitrogens with two attached hydrogens (primary N) is 1. The van der Waals surface area contributed by atoms with Gasteiger partial charge >= 0.3 is 0 Å². The second-order valence-corrected chi connectivity index (χ2v) is 7.81. The standard InChI is InChI=1S/C14H19N3O2S2/c1-3-21(18,19)12-13(15)17-20-14(12)16-9-10(2)11-7-5-4-6-8-11/h4-8,10,16H,3,9H2,1-2H3,(H2,15,17). The molecule has 0 bridgehead atoms. The van der Waals surface area contributed by atoms with Crippen molar-refractivity contribution in [3.8, 4) is 0 Å². The van der Waals surface area contributed by atoms with E-state index in [1.54, 1.807) is 6.92 Å². The number of hydrogen-bond acceptors (Lipinski definition) is 6. The number of sulfone groups is 1. The number of nitrogens with one attached hydrogen (secondary N) is 1. The number of benzene rings is 1. The molecule has 3 N–H and O–H groups in total. The van der Waals surface area contributed by atoms with Gasteiger partial charge in [0.2, 0.25) is 0 Å². The summed E-state index contributed by atoms with van der Waals surface area (Å²) in [5.74, 6) is 0.349. The smallest absolute Gasteiger partial charge is 0.184 e.